The Bertz CT molecular complexity index is 464. The van der Waals surface area contributed by atoms with Crippen LogP contribution in [0, 0.1) is 13.8 Å². The van der Waals surface area contributed by atoms with Crippen LogP contribution in [0.1, 0.15) is 34.3 Å². The number of benzene rings is 1. The van der Waals surface area contributed by atoms with Crippen molar-refractivity contribution in [3.63, 3.8) is 0 Å². The maximum absolute atomic E-state index is 12.1. The van der Waals surface area contributed by atoms with Crippen LogP contribution in [0.4, 0.5) is 0 Å². The summed E-state index contributed by atoms with van der Waals surface area (Å²) in [4.78, 5) is 12.1. The molecule has 1 saturated heterocycles. The van der Waals surface area contributed by atoms with Crippen molar-refractivity contribution in [1.82, 2.24) is 5.32 Å². The molecule has 1 aromatic rings. The summed E-state index contributed by atoms with van der Waals surface area (Å²) in [7, 11) is 0. The number of aliphatic hydroxyl groups is 1. The molecule has 1 aromatic carbocycles. The molecule has 19 heavy (non-hydrogen) atoms. The molecule has 0 unspecified atom stereocenters. The fourth-order valence-corrected chi connectivity index (χ4v) is 2.27. The Morgan fingerprint density at radius 2 is 2.05 bits per heavy atom. The van der Waals surface area contributed by atoms with Crippen molar-refractivity contribution in [3.05, 3.63) is 34.9 Å². The van der Waals surface area contributed by atoms with Crippen molar-refractivity contribution < 1.29 is 14.6 Å². The first kappa shape index (κ1) is 14.0. The van der Waals surface area contributed by atoms with Gasteiger partial charge in [0.05, 0.1) is 5.60 Å². The minimum atomic E-state index is -0.828. The maximum atomic E-state index is 12.1. The Morgan fingerprint density at radius 1 is 1.37 bits per heavy atom. The van der Waals surface area contributed by atoms with Crippen LogP contribution in [0.15, 0.2) is 18.2 Å². The zero-order valence-corrected chi connectivity index (χ0v) is 11.5. The minimum Gasteiger partial charge on any atom is -0.388 e. The molecule has 1 aliphatic rings. The Hall–Kier alpha value is -1.39. The molecule has 2 rings (SSSR count). The molecular weight excluding hydrogens is 242 g/mol. The van der Waals surface area contributed by atoms with Crippen LogP contribution in [0.25, 0.3) is 0 Å². The van der Waals surface area contributed by atoms with Gasteiger partial charge < -0.3 is 15.2 Å². The van der Waals surface area contributed by atoms with E-state index in [1.165, 1.54) is 0 Å². The van der Waals surface area contributed by atoms with Gasteiger partial charge in [-0.2, -0.15) is 0 Å². The van der Waals surface area contributed by atoms with Gasteiger partial charge in [0, 0.05) is 38.2 Å². The number of ether oxygens (including phenoxy) is 1. The van der Waals surface area contributed by atoms with E-state index in [0.29, 0.717) is 31.6 Å². The third-order valence-electron chi connectivity index (χ3n) is 3.85. The zero-order chi connectivity index (χ0) is 13.9. The molecule has 1 fully saturated rings. The summed E-state index contributed by atoms with van der Waals surface area (Å²) in [6.07, 6.45) is 1.14. The van der Waals surface area contributed by atoms with Gasteiger partial charge in [-0.1, -0.05) is 12.1 Å². The van der Waals surface area contributed by atoms with Crippen molar-refractivity contribution in [2.24, 2.45) is 0 Å². The molecule has 0 spiro atoms. The lowest BCUT2D eigenvalue weighted by Crippen LogP contribution is -2.46. The summed E-state index contributed by atoms with van der Waals surface area (Å²) >= 11 is 0. The third-order valence-corrected chi connectivity index (χ3v) is 3.85. The lowest BCUT2D eigenvalue weighted by Gasteiger charge is -2.32. The second-order valence-corrected chi connectivity index (χ2v) is 5.27. The van der Waals surface area contributed by atoms with Crippen molar-refractivity contribution in [2.45, 2.75) is 32.3 Å². The summed E-state index contributed by atoms with van der Waals surface area (Å²) in [5.41, 5.74) is 1.93. The van der Waals surface area contributed by atoms with Crippen LogP contribution in [0.2, 0.25) is 0 Å². The Morgan fingerprint density at radius 3 is 2.74 bits per heavy atom. The van der Waals surface area contributed by atoms with Gasteiger partial charge in [-0.25, -0.2) is 0 Å². The largest absolute Gasteiger partial charge is 0.388 e. The quantitative estimate of drug-likeness (QED) is 0.870. The zero-order valence-electron chi connectivity index (χ0n) is 11.5. The van der Waals surface area contributed by atoms with E-state index in [1.807, 2.05) is 32.0 Å². The Labute approximate surface area is 113 Å². The average molecular weight is 263 g/mol. The topological polar surface area (TPSA) is 58.6 Å². The highest BCUT2D eigenvalue weighted by atomic mass is 16.5. The van der Waals surface area contributed by atoms with Crippen LogP contribution in [-0.2, 0) is 4.74 Å². The van der Waals surface area contributed by atoms with E-state index in [9.17, 15) is 9.90 Å². The standard InChI is InChI=1S/C15H21NO3/c1-11-4-3-5-13(12(11)2)14(17)16-10-15(18)6-8-19-9-7-15/h3-5,18H,6-10H2,1-2H3,(H,16,17). The van der Waals surface area contributed by atoms with Crippen molar-refractivity contribution in [2.75, 3.05) is 19.8 Å². The van der Waals surface area contributed by atoms with Crippen molar-refractivity contribution >= 4 is 5.91 Å². The highest BCUT2D eigenvalue weighted by Gasteiger charge is 2.30. The van der Waals surface area contributed by atoms with Gasteiger partial charge in [0.1, 0.15) is 0 Å². The molecule has 2 N–H and O–H groups in total. The summed E-state index contributed by atoms with van der Waals surface area (Å²) in [6, 6.07) is 5.67. The number of amides is 1. The lowest BCUT2D eigenvalue weighted by atomic mass is 9.94. The number of hydrogen-bond donors (Lipinski definition) is 2. The second kappa shape index (κ2) is 5.72. The number of aryl methyl sites for hydroxylation is 1. The van der Waals surface area contributed by atoms with E-state index in [1.54, 1.807) is 0 Å². The minimum absolute atomic E-state index is 0.124. The first-order valence-corrected chi connectivity index (χ1v) is 6.66. The van der Waals surface area contributed by atoms with E-state index in [0.717, 1.165) is 11.1 Å². The summed E-state index contributed by atoms with van der Waals surface area (Å²) in [5.74, 6) is -0.124. The second-order valence-electron chi connectivity index (χ2n) is 5.27. The molecule has 0 bridgehead atoms. The molecule has 0 atom stereocenters. The van der Waals surface area contributed by atoms with Crippen LogP contribution in [-0.4, -0.2) is 36.4 Å². The van der Waals surface area contributed by atoms with E-state index in [2.05, 4.69) is 5.32 Å². The van der Waals surface area contributed by atoms with E-state index < -0.39 is 5.60 Å². The van der Waals surface area contributed by atoms with Crippen molar-refractivity contribution in [1.29, 1.82) is 0 Å². The molecule has 0 saturated carbocycles. The van der Waals surface area contributed by atoms with E-state index >= 15 is 0 Å². The summed E-state index contributed by atoms with van der Waals surface area (Å²) in [5, 5.41) is 13.1. The molecule has 4 heteroatoms. The lowest BCUT2D eigenvalue weighted by molar-refractivity contribution is -0.0605. The summed E-state index contributed by atoms with van der Waals surface area (Å²) in [6.45, 7) is 5.31. The SMILES string of the molecule is Cc1cccc(C(=O)NCC2(O)CCOCC2)c1C. The van der Waals surface area contributed by atoms with Gasteiger partial charge in [0.15, 0.2) is 0 Å². The Kier molecular flexibility index (Phi) is 4.22. The average Bonchev–Trinajstić information content (AvgIpc) is 2.40. The molecule has 1 amide bonds. The van der Waals surface area contributed by atoms with Gasteiger partial charge in [0.2, 0.25) is 0 Å². The predicted octanol–water partition coefficient (Wildman–Crippen LogP) is 1.57. The number of rotatable bonds is 3. The number of carbonyl (C=O) groups is 1. The van der Waals surface area contributed by atoms with Gasteiger partial charge >= 0.3 is 0 Å². The molecule has 0 aromatic heterocycles. The van der Waals surface area contributed by atoms with Crippen LogP contribution < -0.4 is 5.32 Å². The first-order chi connectivity index (χ1) is 9.02. The number of hydrogen-bond acceptors (Lipinski definition) is 3. The summed E-state index contributed by atoms with van der Waals surface area (Å²) < 4.78 is 5.22. The number of nitrogens with one attached hydrogen (secondary N) is 1. The Balaban J connectivity index is 1.99. The smallest absolute Gasteiger partial charge is 0.251 e. The van der Waals surface area contributed by atoms with Gasteiger partial charge in [-0.15, -0.1) is 0 Å². The van der Waals surface area contributed by atoms with Crippen LogP contribution in [0.5, 0.6) is 0 Å². The van der Waals surface area contributed by atoms with E-state index in [4.69, 9.17) is 4.74 Å². The normalized spacial score (nSPS) is 18.1. The fraction of sp³-hybridized carbons (Fsp3) is 0.533. The fourth-order valence-electron chi connectivity index (χ4n) is 2.27. The molecule has 1 heterocycles. The number of carbonyl (C=O) groups excluding carboxylic acids is 1. The molecule has 0 aliphatic carbocycles. The third kappa shape index (κ3) is 3.33. The van der Waals surface area contributed by atoms with Gasteiger partial charge in [0.25, 0.3) is 5.91 Å². The van der Waals surface area contributed by atoms with Crippen molar-refractivity contribution in [3.8, 4) is 0 Å². The molecule has 0 radical (unpaired) electrons. The molecule has 104 valence electrons. The van der Waals surface area contributed by atoms with E-state index in [-0.39, 0.29) is 12.5 Å². The van der Waals surface area contributed by atoms with Gasteiger partial charge in [-0.3, -0.25) is 4.79 Å². The van der Waals surface area contributed by atoms with Crippen LogP contribution >= 0.6 is 0 Å². The molecular formula is C15H21NO3. The first-order valence-electron chi connectivity index (χ1n) is 6.66. The monoisotopic (exact) mass is 263 g/mol. The predicted molar refractivity (Wildman–Crippen MR) is 73.3 cm³/mol. The maximum Gasteiger partial charge on any atom is 0.251 e. The molecule has 1 aliphatic heterocycles. The van der Waals surface area contributed by atoms with Gasteiger partial charge in [-0.05, 0) is 31.0 Å². The highest BCUT2D eigenvalue weighted by Crippen LogP contribution is 2.20. The molecule has 4 nitrogen and oxygen atoms in total. The highest BCUT2D eigenvalue weighted by molar-refractivity contribution is 5.95. The van der Waals surface area contributed by atoms with Crippen LogP contribution in [0.3, 0.4) is 0 Å².